The van der Waals surface area contributed by atoms with Crippen LogP contribution in [0.15, 0.2) is 48.5 Å². The first-order valence-electron chi connectivity index (χ1n) is 8.10. The van der Waals surface area contributed by atoms with Crippen LogP contribution in [0.4, 0.5) is 9.18 Å². The fourth-order valence-electron chi connectivity index (χ4n) is 2.38. The van der Waals surface area contributed by atoms with E-state index in [0.717, 1.165) is 16.9 Å². The molecule has 2 aromatic rings. The first-order valence-corrected chi connectivity index (χ1v) is 8.10. The molecular weight excluding hydrogens is 307 g/mol. The number of nitrogens with one attached hydrogen (secondary N) is 2. The van der Waals surface area contributed by atoms with Crippen molar-refractivity contribution in [2.45, 2.75) is 26.3 Å². The molecule has 0 aliphatic heterocycles. The number of rotatable bonds is 7. The number of halogens is 1. The molecule has 0 spiro atoms. The van der Waals surface area contributed by atoms with Crippen LogP contribution in [-0.2, 0) is 6.42 Å². The topological polar surface area (TPSA) is 50.4 Å². The van der Waals surface area contributed by atoms with E-state index in [2.05, 4.69) is 10.6 Å². The zero-order chi connectivity index (χ0) is 17.4. The molecule has 2 rings (SSSR count). The van der Waals surface area contributed by atoms with E-state index in [0.29, 0.717) is 19.6 Å². The third kappa shape index (κ3) is 5.57. The monoisotopic (exact) mass is 330 g/mol. The molecule has 5 heteroatoms. The molecule has 128 valence electrons. The number of carbonyl (C=O) groups is 1. The van der Waals surface area contributed by atoms with Crippen molar-refractivity contribution in [1.82, 2.24) is 10.6 Å². The van der Waals surface area contributed by atoms with Crippen molar-refractivity contribution in [3.05, 3.63) is 65.5 Å². The Bertz CT molecular complexity index is 676. The Morgan fingerprint density at radius 2 is 2.00 bits per heavy atom. The SMILES string of the molecule is CCOc1cccc(C(C)NC(=O)NCCc2cccc(F)c2)c1. The van der Waals surface area contributed by atoms with Crippen LogP contribution in [0.3, 0.4) is 0 Å². The zero-order valence-electron chi connectivity index (χ0n) is 14.0. The highest BCUT2D eigenvalue weighted by atomic mass is 19.1. The van der Waals surface area contributed by atoms with E-state index in [4.69, 9.17) is 4.74 Å². The number of urea groups is 1. The van der Waals surface area contributed by atoms with Gasteiger partial charge in [-0.05, 0) is 55.7 Å². The molecule has 0 aliphatic carbocycles. The summed E-state index contributed by atoms with van der Waals surface area (Å²) in [6.07, 6.45) is 0.583. The summed E-state index contributed by atoms with van der Waals surface area (Å²) in [5, 5.41) is 5.67. The Labute approximate surface area is 142 Å². The number of carbonyl (C=O) groups excluding carboxylic acids is 1. The van der Waals surface area contributed by atoms with Crippen LogP contribution in [0, 0.1) is 5.82 Å². The summed E-state index contributed by atoms with van der Waals surface area (Å²) in [4.78, 5) is 12.0. The second-order valence-corrected chi connectivity index (χ2v) is 5.51. The van der Waals surface area contributed by atoms with Gasteiger partial charge >= 0.3 is 6.03 Å². The number of hydrogen-bond donors (Lipinski definition) is 2. The summed E-state index contributed by atoms with van der Waals surface area (Å²) in [5.74, 6) is 0.523. The van der Waals surface area contributed by atoms with Gasteiger partial charge in [0.05, 0.1) is 12.6 Å². The summed E-state index contributed by atoms with van der Waals surface area (Å²) in [5.41, 5.74) is 1.83. The van der Waals surface area contributed by atoms with E-state index in [1.165, 1.54) is 12.1 Å². The van der Waals surface area contributed by atoms with E-state index < -0.39 is 0 Å². The Hall–Kier alpha value is -2.56. The first-order chi connectivity index (χ1) is 11.6. The normalized spacial score (nSPS) is 11.6. The minimum atomic E-state index is -0.264. The average Bonchev–Trinajstić information content (AvgIpc) is 2.55. The molecule has 0 fully saturated rings. The summed E-state index contributed by atoms with van der Waals surface area (Å²) in [6, 6.07) is 13.6. The van der Waals surface area contributed by atoms with Gasteiger partial charge in [-0.3, -0.25) is 0 Å². The van der Waals surface area contributed by atoms with Gasteiger partial charge in [0.2, 0.25) is 0 Å². The van der Waals surface area contributed by atoms with Gasteiger partial charge in [-0.1, -0.05) is 24.3 Å². The summed E-state index contributed by atoms with van der Waals surface area (Å²) in [6.45, 7) is 4.89. The van der Waals surface area contributed by atoms with E-state index in [-0.39, 0.29) is 17.9 Å². The molecule has 4 nitrogen and oxygen atoms in total. The van der Waals surface area contributed by atoms with Crippen LogP contribution in [0.5, 0.6) is 5.75 Å². The predicted molar refractivity (Wildman–Crippen MR) is 92.7 cm³/mol. The van der Waals surface area contributed by atoms with Crippen LogP contribution < -0.4 is 15.4 Å². The minimum Gasteiger partial charge on any atom is -0.494 e. The van der Waals surface area contributed by atoms with Gasteiger partial charge in [-0.25, -0.2) is 9.18 Å². The second-order valence-electron chi connectivity index (χ2n) is 5.51. The summed E-state index contributed by atoms with van der Waals surface area (Å²) in [7, 11) is 0. The Balaban J connectivity index is 1.80. The van der Waals surface area contributed by atoms with Gasteiger partial charge in [0.25, 0.3) is 0 Å². The molecule has 2 amide bonds. The molecule has 2 N–H and O–H groups in total. The highest BCUT2D eigenvalue weighted by Gasteiger charge is 2.10. The Morgan fingerprint density at radius 1 is 1.21 bits per heavy atom. The van der Waals surface area contributed by atoms with Crippen molar-refractivity contribution in [1.29, 1.82) is 0 Å². The highest BCUT2D eigenvalue weighted by Crippen LogP contribution is 2.19. The fraction of sp³-hybridized carbons (Fsp3) is 0.316. The molecule has 0 bridgehead atoms. The molecule has 0 radical (unpaired) electrons. The fourth-order valence-corrected chi connectivity index (χ4v) is 2.38. The van der Waals surface area contributed by atoms with E-state index in [9.17, 15) is 9.18 Å². The Morgan fingerprint density at radius 3 is 2.75 bits per heavy atom. The van der Waals surface area contributed by atoms with Gasteiger partial charge in [0.1, 0.15) is 11.6 Å². The lowest BCUT2D eigenvalue weighted by atomic mass is 10.1. The zero-order valence-corrected chi connectivity index (χ0v) is 14.0. The smallest absolute Gasteiger partial charge is 0.315 e. The maximum atomic E-state index is 13.1. The quantitative estimate of drug-likeness (QED) is 0.811. The van der Waals surface area contributed by atoms with Gasteiger partial charge in [0.15, 0.2) is 0 Å². The molecule has 1 unspecified atom stereocenters. The van der Waals surface area contributed by atoms with Crippen LogP contribution in [-0.4, -0.2) is 19.2 Å². The summed E-state index contributed by atoms with van der Waals surface area (Å²) >= 11 is 0. The molecule has 0 saturated carbocycles. The van der Waals surface area contributed by atoms with Gasteiger partial charge in [0, 0.05) is 6.54 Å². The molecule has 0 aromatic heterocycles. The number of amides is 2. The standard InChI is InChI=1S/C19H23FN2O2/c1-3-24-18-9-5-7-16(13-18)14(2)22-19(23)21-11-10-15-6-4-8-17(20)12-15/h4-9,12-14H,3,10-11H2,1-2H3,(H2,21,22,23). The van der Waals surface area contributed by atoms with Crippen molar-refractivity contribution in [2.75, 3.05) is 13.2 Å². The van der Waals surface area contributed by atoms with Crippen molar-refractivity contribution in [3.63, 3.8) is 0 Å². The maximum Gasteiger partial charge on any atom is 0.315 e. The minimum absolute atomic E-state index is 0.139. The average molecular weight is 330 g/mol. The number of benzene rings is 2. The van der Waals surface area contributed by atoms with Crippen LogP contribution >= 0.6 is 0 Å². The van der Waals surface area contributed by atoms with Gasteiger partial charge in [-0.15, -0.1) is 0 Å². The lowest BCUT2D eigenvalue weighted by Gasteiger charge is -2.16. The lowest BCUT2D eigenvalue weighted by Crippen LogP contribution is -2.38. The molecular formula is C19H23FN2O2. The third-order valence-electron chi connectivity index (χ3n) is 3.60. The van der Waals surface area contributed by atoms with Crippen molar-refractivity contribution in [3.8, 4) is 5.75 Å². The van der Waals surface area contributed by atoms with Crippen molar-refractivity contribution in [2.24, 2.45) is 0 Å². The van der Waals surface area contributed by atoms with Crippen LogP contribution in [0.2, 0.25) is 0 Å². The lowest BCUT2D eigenvalue weighted by molar-refractivity contribution is 0.238. The molecule has 0 saturated heterocycles. The number of hydrogen-bond acceptors (Lipinski definition) is 2. The molecule has 2 aromatic carbocycles. The van der Waals surface area contributed by atoms with Crippen LogP contribution in [0.1, 0.15) is 31.0 Å². The number of ether oxygens (including phenoxy) is 1. The van der Waals surface area contributed by atoms with Crippen LogP contribution in [0.25, 0.3) is 0 Å². The van der Waals surface area contributed by atoms with Gasteiger partial charge < -0.3 is 15.4 Å². The first kappa shape index (κ1) is 17.8. The highest BCUT2D eigenvalue weighted by molar-refractivity contribution is 5.74. The van der Waals surface area contributed by atoms with E-state index >= 15 is 0 Å². The van der Waals surface area contributed by atoms with E-state index in [1.807, 2.05) is 44.2 Å². The molecule has 0 heterocycles. The largest absolute Gasteiger partial charge is 0.494 e. The summed E-state index contributed by atoms with van der Waals surface area (Å²) < 4.78 is 18.6. The Kier molecular flexibility index (Phi) is 6.61. The van der Waals surface area contributed by atoms with E-state index in [1.54, 1.807) is 6.07 Å². The second kappa shape index (κ2) is 8.91. The maximum absolute atomic E-state index is 13.1. The third-order valence-corrected chi connectivity index (χ3v) is 3.60. The molecule has 1 atom stereocenters. The predicted octanol–water partition coefficient (Wildman–Crippen LogP) is 3.83. The van der Waals surface area contributed by atoms with Crippen molar-refractivity contribution >= 4 is 6.03 Å². The van der Waals surface area contributed by atoms with Crippen molar-refractivity contribution < 1.29 is 13.9 Å². The van der Waals surface area contributed by atoms with Gasteiger partial charge in [-0.2, -0.15) is 0 Å². The molecule has 24 heavy (non-hydrogen) atoms. The molecule has 0 aliphatic rings.